The summed E-state index contributed by atoms with van der Waals surface area (Å²) in [5.41, 5.74) is 0. The van der Waals surface area contributed by atoms with E-state index in [-0.39, 0.29) is 17.8 Å². The lowest BCUT2D eigenvalue weighted by Gasteiger charge is -2.34. The molecule has 3 amide bonds. The van der Waals surface area contributed by atoms with Gasteiger partial charge in [0, 0.05) is 39.1 Å². The van der Waals surface area contributed by atoms with Crippen molar-refractivity contribution in [2.45, 2.75) is 20.3 Å². The second-order valence-corrected chi connectivity index (χ2v) is 4.57. The fourth-order valence-corrected chi connectivity index (χ4v) is 2.07. The Kier molecular flexibility index (Phi) is 4.54. The minimum absolute atomic E-state index is 0.0780. The molecule has 0 aliphatic carbocycles. The monoisotopic (exact) mass is 280 g/mol. The zero-order chi connectivity index (χ0) is 14.5. The Morgan fingerprint density at radius 1 is 1.20 bits per heavy atom. The Balaban J connectivity index is 1.90. The second-order valence-electron chi connectivity index (χ2n) is 4.57. The van der Waals surface area contributed by atoms with Crippen LogP contribution in [0.5, 0.6) is 0 Å². The Bertz CT molecular complexity index is 478. The third kappa shape index (κ3) is 3.06. The largest absolute Gasteiger partial charge is 0.338 e. The van der Waals surface area contributed by atoms with Gasteiger partial charge in [0.15, 0.2) is 0 Å². The third-order valence-electron chi connectivity index (χ3n) is 3.24. The van der Waals surface area contributed by atoms with Crippen LogP contribution in [0.2, 0.25) is 0 Å². The van der Waals surface area contributed by atoms with Crippen molar-refractivity contribution in [1.82, 2.24) is 30.3 Å². The van der Waals surface area contributed by atoms with E-state index in [0.29, 0.717) is 45.0 Å². The first-order chi connectivity index (χ1) is 9.65. The molecule has 1 aromatic rings. The van der Waals surface area contributed by atoms with Crippen molar-refractivity contribution in [1.29, 1.82) is 0 Å². The van der Waals surface area contributed by atoms with E-state index in [2.05, 4.69) is 20.5 Å². The van der Waals surface area contributed by atoms with Gasteiger partial charge in [0.2, 0.25) is 5.82 Å². The zero-order valence-corrected chi connectivity index (χ0v) is 11.8. The van der Waals surface area contributed by atoms with Crippen molar-refractivity contribution in [3.63, 3.8) is 0 Å². The van der Waals surface area contributed by atoms with E-state index in [9.17, 15) is 9.59 Å². The predicted molar refractivity (Wildman–Crippen MR) is 72.3 cm³/mol. The van der Waals surface area contributed by atoms with E-state index in [0.717, 1.165) is 0 Å². The molecule has 0 bridgehead atoms. The number of urea groups is 1. The fraction of sp³-hybridized carbons (Fsp3) is 0.667. The number of amides is 3. The number of H-pyrrole nitrogens is 1. The molecule has 2 heterocycles. The number of piperazine rings is 1. The molecule has 0 aromatic carbocycles. The van der Waals surface area contributed by atoms with E-state index in [1.807, 2.05) is 13.8 Å². The highest BCUT2D eigenvalue weighted by molar-refractivity contribution is 5.90. The summed E-state index contributed by atoms with van der Waals surface area (Å²) in [6, 6.07) is -0.0780. The van der Waals surface area contributed by atoms with Crippen LogP contribution in [-0.4, -0.2) is 69.6 Å². The number of carbonyl (C=O) groups excluding carboxylic acids is 2. The van der Waals surface area contributed by atoms with Gasteiger partial charge in [0.1, 0.15) is 5.82 Å². The number of aromatic amines is 1. The van der Waals surface area contributed by atoms with Gasteiger partial charge in [0.05, 0.1) is 0 Å². The summed E-state index contributed by atoms with van der Waals surface area (Å²) in [6.45, 7) is 6.50. The van der Waals surface area contributed by atoms with Gasteiger partial charge in [-0.3, -0.25) is 9.89 Å². The van der Waals surface area contributed by atoms with Crippen LogP contribution in [0.1, 0.15) is 30.3 Å². The first-order valence-corrected chi connectivity index (χ1v) is 6.89. The second kappa shape index (κ2) is 6.36. The average molecular weight is 280 g/mol. The molecule has 2 rings (SSSR count). The van der Waals surface area contributed by atoms with Crippen LogP contribution in [0.4, 0.5) is 4.79 Å². The predicted octanol–water partition coefficient (Wildman–Crippen LogP) is -0.146. The smallest absolute Gasteiger partial charge is 0.317 e. The molecular formula is C12H20N6O2. The van der Waals surface area contributed by atoms with Crippen LogP contribution in [-0.2, 0) is 6.42 Å². The molecular weight excluding hydrogens is 260 g/mol. The highest BCUT2D eigenvalue weighted by Gasteiger charge is 2.26. The maximum absolute atomic E-state index is 12.2. The van der Waals surface area contributed by atoms with Crippen LogP contribution in [0.15, 0.2) is 0 Å². The van der Waals surface area contributed by atoms with Gasteiger partial charge in [-0.2, -0.15) is 0 Å². The highest BCUT2D eigenvalue weighted by atomic mass is 16.2. The molecule has 0 spiro atoms. The minimum Gasteiger partial charge on any atom is -0.338 e. The van der Waals surface area contributed by atoms with Crippen molar-refractivity contribution in [2.24, 2.45) is 0 Å². The molecule has 0 radical (unpaired) electrons. The van der Waals surface area contributed by atoms with E-state index >= 15 is 0 Å². The Hall–Kier alpha value is -2.12. The van der Waals surface area contributed by atoms with Crippen LogP contribution in [0, 0.1) is 0 Å². The summed E-state index contributed by atoms with van der Waals surface area (Å²) in [6.07, 6.45) is 0.714. The molecule has 8 heteroatoms. The molecule has 1 aliphatic rings. The highest BCUT2D eigenvalue weighted by Crippen LogP contribution is 2.06. The fourth-order valence-electron chi connectivity index (χ4n) is 2.07. The SMILES string of the molecule is CCNC(=O)N1CCN(C(=O)c2n[nH]c(CC)n2)CC1. The molecule has 0 saturated carbocycles. The van der Waals surface area contributed by atoms with Gasteiger partial charge < -0.3 is 15.1 Å². The first kappa shape index (κ1) is 14.3. The number of nitrogens with zero attached hydrogens (tertiary/aromatic N) is 4. The van der Waals surface area contributed by atoms with Gasteiger partial charge in [-0.15, -0.1) is 5.10 Å². The summed E-state index contributed by atoms with van der Waals surface area (Å²) in [5.74, 6) is 0.721. The molecule has 1 fully saturated rings. The van der Waals surface area contributed by atoms with E-state index in [4.69, 9.17) is 0 Å². The molecule has 0 unspecified atom stereocenters. The lowest BCUT2D eigenvalue weighted by Crippen LogP contribution is -2.53. The zero-order valence-electron chi connectivity index (χ0n) is 11.8. The molecule has 20 heavy (non-hydrogen) atoms. The number of hydrogen-bond donors (Lipinski definition) is 2. The maximum atomic E-state index is 12.2. The average Bonchev–Trinajstić information content (AvgIpc) is 2.96. The number of aromatic nitrogens is 3. The molecule has 0 atom stereocenters. The van der Waals surface area contributed by atoms with Crippen LogP contribution in [0.3, 0.4) is 0 Å². The normalized spacial score (nSPS) is 15.3. The van der Waals surface area contributed by atoms with Crippen molar-refractivity contribution >= 4 is 11.9 Å². The van der Waals surface area contributed by atoms with Crippen LogP contribution < -0.4 is 5.32 Å². The lowest BCUT2D eigenvalue weighted by molar-refractivity contribution is 0.0653. The first-order valence-electron chi connectivity index (χ1n) is 6.89. The van der Waals surface area contributed by atoms with Gasteiger partial charge in [0.25, 0.3) is 5.91 Å². The Labute approximate surface area is 117 Å². The number of aryl methyl sites for hydroxylation is 1. The number of nitrogens with one attached hydrogen (secondary N) is 2. The molecule has 110 valence electrons. The van der Waals surface area contributed by atoms with Crippen LogP contribution >= 0.6 is 0 Å². The Morgan fingerprint density at radius 2 is 1.85 bits per heavy atom. The molecule has 8 nitrogen and oxygen atoms in total. The molecule has 1 saturated heterocycles. The summed E-state index contributed by atoms with van der Waals surface area (Å²) in [5, 5.41) is 9.42. The van der Waals surface area contributed by atoms with E-state index < -0.39 is 0 Å². The summed E-state index contributed by atoms with van der Waals surface area (Å²) in [7, 11) is 0. The molecule has 1 aliphatic heterocycles. The van der Waals surface area contributed by atoms with Gasteiger partial charge in [-0.1, -0.05) is 6.92 Å². The van der Waals surface area contributed by atoms with E-state index in [1.54, 1.807) is 9.80 Å². The quantitative estimate of drug-likeness (QED) is 0.805. The summed E-state index contributed by atoms with van der Waals surface area (Å²) in [4.78, 5) is 31.4. The van der Waals surface area contributed by atoms with Crippen molar-refractivity contribution in [2.75, 3.05) is 32.7 Å². The van der Waals surface area contributed by atoms with Gasteiger partial charge >= 0.3 is 6.03 Å². The van der Waals surface area contributed by atoms with E-state index in [1.165, 1.54) is 0 Å². The minimum atomic E-state index is -0.184. The summed E-state index contributed by atoms with van der Waals surface area (Å²) >= 11 is 0. The molecule has 2 N–H and O–H groups in total. The number of carbonyl (C=O) groups is 2. The third-order valence-corrected chi connectivity index (χ3v) is 3.24. The standard InChI is InChI=1S/C12H20N6O2/c1-3-9-14-10(16-15-9)11(19)17-5-7-18(8-6-17)12(20)13-4-2/h3-8H2,1-2H3,(H,13,20)(H,14,15,16). The summed E-state index contributed by atoms with van der Waals surface area (Å²) < 4.78 is 0. The van der Waals surface area contributed by atoms with Crippen molar-refractivity contribution in [3.8, 4) is 0 Å². The Morgan fingerprint density at radius 3 is 2.40 bits per heavy atom. The van der Waals surface area contributed by atoms with Gasteiger partial charge in [-0.25, -0.2) is 9.78 Å². The van der Waals surface area contributed by atoms with Crippen molar-refractivity contribution < 1.29 is 9.59 Å². The maximum Gasteiger partial charge on any atom is 0.317 e. The van der Waals surface area contributed by atoms with Gasteiger partial charge in [-0.05, 0) is 6.92 Å². The van der Waals surface area contributed by atoms with Crippen molar-refractivity contribution in [3.05, 3.63) is 11.6 Å². The topological polar surface area (TPSA) is 94.2 Å². The van der Waals surface area contributed by atoms with Crippen LogP contribution in [0.25, 0.3) is 0 Å². The molecule has 1 aromatic heterocycles. The number of rotatable bonds is 3. The lowest BCUT2D eigenvalue weighted by atomic mass is 10.3. The number of hydrogen-bond acceptors (Lipinski definition) is 4.